The van der Waals surface area contributed by atoms with Crippen LogP contribution < -0.4 is 5.32 Å². The van der Waals surface area contributed by atoms with Crippen LogP contribution in [0.15, 0.2) is 0 Å². The molecule has 0 aromatic rings. The molecule has 1 N–H and O–H groups in total. The van der Waals surface area contributed by atoms with Crippen molar-refractivity contribution in [3.63, 3.8) is 0 Å². The summed E-state index contributed by atoms with van der Waals surface area (Å²) in [7, 11) is 0. The van der Waals surface area contributed by atoms with E-state index in [0.717, 1.165) is 19.4 Å². The van der Waals surface area contributed by atoms with Crippen LogP contribution in [0.1, 0.15) is 46.0 Å². The summed E-state index contributed by atoms with van der Waals surface area (Å²) >= 11 is 0. The minimum Gasteiger partial charge on any atom is -0.304 e. The van der Waals surface area contributed by atoms with E-state index < -0.39 is 0 Å². The van der Waals surface area contributed by atoms with Crippen molar-refractivity contribution in [1.29, 1.82) is 0 Å². The van der Waals surface area contributed by atoms with E-state index in [1.54, 1.807) is 0 Å². The predicted molar refractivity (Wildman–Crippen MR) is 55.1 cm³/mol. The Labute approximate surface area is 76.9 Å². The third-order valence-corrected chi connectivity index (χ3v) is 1.95. The molecule has 0 aliphatic heterocycles. The van der Waals surface area contributed by atoms with E-state index in [2.05, 4.69) is 25.1 Å². The molecule has 1 atom stereocenters. The maximum absolute atomic E-state index is 5.36. The Morgan fingerprint density at radius 1 is 1.25 bits per heavy atom. The maximum atomic E-state index is 5.36. The third kappa shape index (κ3) is 6.24. The second-order valence-electron chi connectivity index (χ2n) is 3.17. The van der Waals surface area contributed by atoms with Crippen molar-refractivity contribution in [2.24, 2.45) is 0 Å². The van der Waals surface area contributed by atoms with Gasteiger partial charge in [0.15, 0.2) is 0 Å². The number of hydrogen-bond donors (Lipinski definition) is 1. The summed E-state index contributed by atoms with van der Waals surface area (Å²) in [6.45, 7) is 5.45. The zero-order chi connectivity index (χ0) is 9.23. The first-order valence-electron chi connectivity index (χ1n) is 5.04. The molecule has 70 valence electrons. The van der Waals surface area contributed by atoms with Gasteiger partial charge in [-0.2, -0.15) is 0 Å². The molecule has 0 fully saturated rings. The second kappa shape index (κ2) is 8.62. The Balaban J connectivity index is 3.27. The quantitative estimate of drug-likeness (QED) is 0.454. The first-order valence-corrected chi connectivity index (χ1v) is 5.04. The summed E-state index contributed by atoms with van der Waals surface area (Å²) in [6.07, 6.45) is 11.4. The van der Waals surface area contributed by atoms with Gasteiger partial charge in [0.05, 0.1) is 6.04 Å². The molecule has 1 nitrogen and oxygen atoms in total. The van der Waals surface area contributed by atoms with Crippen LogP contribution in [0.2, 0.25) is 0 Å². The van der Waals surface area contributed by atoms with Gasteiger partial charge >= 0.3 is 0 Å². The predicted octanol–water partition coefficient (Wildman–Crippen LogP) is 2.57. The molecular weight excluding hydrogens is 146 g/mol. The highest BCUT2D eigenvalue weighted by Gasteiger charge is 2.00. The highest BCUT2D eigenvalue weighted by atomic mass is 14.9. The molecule has 0 saturated heterocycles. The summed E-state index contributed by atoms with van der Waals surface area (Å²) in [4.78, 5) is 0. The van der Waals surface area contributed by atoms with Crippen LogP contribution in [-0.4, -0.2) is 12.6 Å². The minimum absolute atomic E-state index is 0.298. The Kier molecular flexibility index (Phi) is 8.27. The molecule has 0 aromatic heterocycles. The fraction of sp³-hybridized carbons (Fsp3) is 0.818. The molecule has 12 heavy (non-hydrogen) atoms. The van der Waals surface area contributed by atoms with Gasteiger partial charge in [-0.1, -0.05) is 39.0 Å². The molecule has 0 bridgehead atoms. The van der Waals surface area contributed by atoms with Crippen molar-refractivity contribution < 1.29 is 0 Å². The number of nitrogens with one attached hydrogen (secondary N) is 1. The van der Waals surface area contributed by atoms with Crippen LogP contribution in [-0.2, 0) is 0 Å². The van der Waals surface area contributed by atoms with E-state index in [0.29, 0.717) is 6.04 Å². The average molecular weight is 167 g/mol. The number of unbranched alkanes of at least 4 members (excludes halogenated alkanes) is 2. The minimum atomic E-state index is 0.298. The zero-order valence-corrected chi connectivity index (χ0v) is 8.40. The van der Waals surface area contributed by atoms with E-state index in [1.807, 2.05) is 0 Å². The van der Waals surface area contributed by atoms with Gasteiger partial charge in [0.25, 0.3) is 0 Å². The molecular formula is C11H21N. The molecule has 0 aliphatic rings. The van der Waals surface area contributed by atoms with Crippen LogP contribution >= 0.6 is 0 Å². The molecule has 0 radical (unpaired) electrons. The number of hydrogen-bond acceptors (Lipinski definition) is 1. The van der Waals surface area contributed by atoms with Crippen molar-refractivity contribution in [3.8, 4) is 12.3 Å². The van der Waals surface area contributed by atoms with Gasteiger partial charge in [0, 0.05) is 0 Å². The van der Waals surface area contributed by atoms with Gasteiger partial charge in [0.1, 0.15) is 0 Å². The summed E-state index contributed by atoms with van der Waals surface area (Å²) in [5.41, 5.74) is 0. The fourth-order valence-corrected chi connectivity index (χ4v) is 1.18. The Hall–Kier alpha value is -0.480. The van der Waals surface area contributed by atoms with Crippen LogP contribution in [0, 0.1) is 12.3 Å². The van der Waals surface area contributed by atoms with E-state index in [1.165, 1.54) is 19.3 Å². The Morgan fingerprint density at radius 2 is 2.00 bits per heavy atom. The van der Waals surface area contributed by atoms with Gasteiger partial charge in [-0.3, -0.25) is 0 Å². The van der Waals surface area contributed by atoms with Crippen LogP contribution in [0.5, 0.6) is 0 Å². The smallest absolute Gasteiger partial charge is 0.0686 e. The van der Waals surface area contributed by atoms with Crippen molar-refractivity contribution in [3.05, 3.63) is 0 Å². The Morgan fingerprint density at radius 3 is 2.50 bits per heavy atom. The van der Waals surface area contributed by atoms with Crippen molar-refractivity contribution in [2.75, 3.05) is 6.54 Å². The molecule has 0 heterocycles. The lowest BCUT2D eigenvalue weighted by atomic mass is 10.1. The van der Waals surface area contributed by atoms with Crippen LogP contribution in [0.4, 0.5) is 0 Å². The van der Waals surface area contributed by atoms with E-state index >= 15 is 0 Å². The van der Waals surface area contributed by atoms with Crippen LogP contribution in [0.25, 0.3) is 0 Å². The highest BCUT2D eigenvalue weighted by molar-refractivity contribution is 4.98. The fourth-order valence-electron chi connectivity index (χ4n) is 1.18. The highest BCUT2D eigenvalue weighted by Crippen LogP contribution is 1.96. The van der Waals surface area contributed by atoms with Gasteiger partial charge in [-0.25, -0.2) is 0 Å². The largest absolute Gasteiger partial charge is 0.304 e. The Bertz CT molecular complexity index is 123. The summed E-state index contributed by atoms with van der Waals surface area (Å²) < 4.78 is 0. The second-order valence-corrected chi connectivity index (χ2v) is 3.17. The average Bonchev–Trinajstić information content (AvgIpc) is 2.10. The molecule has 0 rings (SSSR count). The molecule has 1 unspecified atom stereocenters. The topological polar surface area (TPSA) is 12.0 Å². The molecule has 0 aromatic carbocycles. The summed E-state index contributed by atoms with van der Waals surface area (Å²) in [6, 6.07) is 0.298. The maximum Gasteiger partial charge on any atom is 0.0686 e. The number of rotatable bonds is 7. The van der Waals surface area contributed by atoms with Gasteiger partial charge < -0.3 is 5.32 Å². The van der Waals surface area contributed by atoms with Crippen LogP contribution in [0.3, 0.4) is 0 Å². The lowest BCUT2D eigenvalue weighted by Crippen LogP contribution is -2.28. The third-order valence-electron chi connectivity index (χ3n) is 1.95. The van der Waals surface area contributed by atoms with E-state index in [-0.39, 0.29) is 0 Å². The number of terminal acetylenes is 1. The summed E-state index contributed by atoms with van der Waals surface area (Å²) in [5.74, 6) is 2.77. The standard InChI is InChI=1S/C11H21N/c1-4-7-8-10-12-11(6-3)9-5-2/h3,11-12H,4-5,7-10H2,1-2H3. The molecule has 0 saturated carbocycles. The molecule has 0 aliphatic carbocycles. The van der Waals surface area contributed by atoms with Crippen molar-refractivity contribution in [2.45, 2.75) is 52.0 Å². The normalized spacial score (nSPS) is 12.4. The lowest BCUT2D eigenvalue weighted by molar-refractivity contribution is 0.539. The summed E-state index contributed by atoms with van der Waals surface area (Å²) in [5, 5.41) is 3.37. The first kappa shape index (κ1) is 11.5. The lowest BCUT2D eigenvalue weighted by Gasteiger charge is -2.10. The zero-order valence-electron chi connectivity index (χ0n) is 8.40. The first-order chi connectivity index (χ1) is 5.85. The molecule has 0 spiro atoms. The van der Waals surface area contributed by atoms with Gasteiger partial charge in [-0.15, -0.1) is 6.42 Å². The van der Waals surface area contributed by atoms with Crippen molar-refractivity contribution >= 4 is 0 Å². The van der Waals surface area contributed by atoms with Gasteiger partial charge in [-0.05, 0) is 19.4 Å². The van der Waals surface area contributed by atoms with Gasteiger partial charge in [0.2, 0.25) is 0 Å². The monoisotopic (exact) mass is 167 g/mol. The van der Waals surface area contributed by atoms with E-state index in [4.69, 9.17) is 6.42 Å². The molecule has 1 heteroatoms. The SMILES string of the molecule is C#CC(CCC)NCCCCC. The van der Waals surface area contributed by atoms with Crippen molar-refractivity contribution in [1.82, 2.24) is 5.32 Å². The molecule has 0 amide bonds. The van der Waals surface area contributed by atoms with E-state index in [9.17, 15) is 0 Å².